The number of nitrogens with zero attached hydrogens (tertiary/aromatic N) is 6. The van der Waals surface area contributed by atoms with Gasteiger partial charge in [0.15, 0.2) is 11.9 Å². The maximum atomic E-state index is 12.2. The molecule has 0 spiro atoms. The molecule has 1 fully saturated rings. The van der Waals surface area contributed by atoms with Gasteiger partial charge in [-0.15, -0.1) is 15.0 Å². The number of aliphatic hydroxyl groups excluding tert-OH is 3. The summed E-state index contributed by atoms with van der Waals surface area (Å²) in [7, 11) is 0. The summed E-state index contributed by atoms with van der Waals surface area (Å²) in [6.07, 6.45) is -7.75. The van der Waals surface area contributed by atoms with E-state index in [-0.39, 0.29) is 58.8 Å². The SMILES string of the molecule is CCCc1nc(C(C)(C)O)c(C(=O)O)n1Cc1ccc(-c2ccccc2-c2nnn([C@@H]3O[C@H](C(=O)[O-])[C@@H](O)[C@H](O)[C@H]3O)n2)cc1.O.[Na+]. The molecule has 7 N–H and O–H groups in total. The Morgan fingerprint density at radius 1 is 1.00 bits per heavy atom. The number of rotatable bonds is 10. The molecule has 0 radical (unpaired) electrons. The number of ether oxygens (including phenoxy) is 1. The first-order valence-corrected chi connectivity index (χ1v) is 14.3. The Hall–Kier alpha value is -3.58. The summed E-state index contributed by atoms with van der Waals surface area (Å²) in [5, 5.41) is 74.7. The van der Waals surface area contributed by atoms with Crippen molar-refractivity contribution in [3.8, 4) is 22.5 Å². The van der Waals surface area contributed by atoms with Gasteiger partial charge < -0.3 is 50.2 Å². The van der Waals surface area contributed by atoms with E-state index in [1.807, 2.05) is 43.3 Å². The predicted molar refractivity (Wildman–Crippen MR) is 157 cm³/mol. The van der Waals surface area contributed by atoms with E-state index in [9.17, 15) is 40.2 Å². The van der Waals surface area contributed by atoms with Gasteiger partial charge in [-0.1, -0.05) is 55.5 Å². The average molecular weight is 663 g/mol. The maximum Gasteiger partial charge on any atom is 1.00 e. The molecule has 1 saturated heterocycles. The molecule has 0 unspecified atom stereocenters. The first-order chi connectivity index (χ1) is 21.3. The van der Waals surface area contributed by atoms with Crippen LogP contribution in [-0.2, 0) is 28.1 Å². The van der Waals surface area contributed by atoms with Crippen LogP contribution in [0, 0.1) is 0 Å². The van der Waals surface area contributed by atoms with Gasteiger partial charge in [0.2, 0.25) is 5.82 Å². The smallest absolute Gasteiger partial charge is 0.547 e. The summed E-state index contributed by atoms with van der Waals surface area (Å²) in [5.74, 6) is -2.28. The average Bonchev–Trinajstić information content (AvgIpc) is 3.62. The second-order valence-corrected chi connectivity index (χ2v) is 11.3. The molecule has 3 heterocycles. The standard InChI is InChI=1S/C30H34N6O9.Na.H2O/c1-4-7-19-31-25(30(2,3)44)20(28(40)41)35(19)14-15-10-12-16(13-11-15)17-8-5-6-9-18(17)26-32-34-36(33-26)27-23(39)21(37)22(38)24(45-27)29(42)43;;/h5-6,8-13,21-24,27,37-39,44H,4,7,14H2,1-3H3,(H,40,41)(H,42,43);;1H2/q;+1;/p-1/t21-,22-,23+,24-,27+;;/m0../s1. The Morgan fingerprint density at radius 3 is 2.21 bits per heavy atom. The summed E-state index contributed by atoms with van der Waals surface area (Å²) in [6, 6.07) is 14.5. The number of imidazole rings is 1. The van der Waals surface area contributed by atoms with Gasteiger partial charge in [0, 0.05) is 18.5 Å². The van der Waals surface area contributed by atoms with Gasteiger partial charge in [-0.05, 0) is 42.2 Å². The zero-order valence-corrected chi connectivity index (χ0v) is 28.2. The fraction of sp³-hybridized carbons (Fsp3) is 0.400. The van der Waals surface area contributed by atoms with Crippen LogP contribution in [0.2, 0.25) is 0 Å². The van der Waals surface area contributed by atoms with Crippen molar-refractivity contribution in [1.29, 1.82) is 0 Å². The van der Waals surface area contributed by atoms with Crippen LogP contribution in [0.4, 0.5) is 0 Å². The van der Waals surface area contributed by atoms with Gasteiger partial charge in [-0.3, -0.25) is 0 Å². The monoisotopic (exact) mass is 662 g/mol. The van der Waals surface area contributed by atoms with Crippen molar-refractivity contribution in [3.05, 3.63) is 71.3 Å². The number of hydrogen-bond donors (Lipinski definition) is 5. The summed E-state index contributed by atoms with van der Waals surface area (Å²) in [6.45, 7) is 5.19. The molecule has 0 aliphatic carbocycles. The summed E-state index contributed by atoms with van der Waals surface area (Å²) in [4.78, 5) is 28.9. The van der Waals surface area contributed by atoms with E-state index >= 15 is 0 Å². The molecule has 17 heteroatoms. The van der Waals surface area contributed by atoms with E-state index in [2.05, 4.69) is 20.4 Å². The third-order valence-corrected chi connectivity index (χ3v) is 7.55. The zero-order chi connectivity index (χ0) is 32.6. The Labute approximate surface area is 290 Å². The normalized spacial score (nSPS) is 21.0. The summed E-state index contributed by atoms with van der Waals surface area (Å²) < 4.78 is 6.86. The molecule has 246 valence electrons. The minimum absolute atomic E-state index is 0. The predicted octanol–water partition coefficient (Wildman–Crippen LogP) is -3.96. The Bertz CT molecular complexity index is 1700. The number of tetrazole rings is 1. The Morgan fingerprint density at radius 2 is 1.64 bits per heavy atom. The van der Waals surface area contributed by atoms with Crippen molar-refractivity contribution in [2.45, 2.75) is 76.4 Å². The number of carboxylic acid groups (broad SMARTS) is 2. The van der Waals surface area contributed by atoms with Crippen molar-refractivity contribution >= 4 is 11.9 Å². The number of carbonyl (C=O) groups excluding carboxylic acids is 1. The third-order valence-electron chi connectivity index (χ3n) is 7.55. The summed E-state index contributed by atoms with van der Waals surface area (Å²) in [5.41, 5.74) is 1.42. The summed E-state index contributed by atoms with van der Waals surface area (Å²) >= 11 is 0. The van der Waals surface area contributed by atoms with Crippen LogP contribution in [0.5, 0.6) is 0 Å². The maximum absolute atomic E-state index is 12.2. The van der Waals surface area contributed by atoms with E-state index in [1.165, 1.54) is 13.8 Å². The van der Waals surface area contributed by atoms with E-state index in [4.69, 9.17) is 4.74 Å². The third kappa shape index (κ3) is 7.61. The first kappa shape index (κ1) is 37.9. The number of aromatic carboxylic acids is 1. The van der Waals surface area contributed by atoms with Crippen LogP contribution < -0.4 is 34.7 Å². The Kier molecular flexibility index (Phi) is 12.2. The van der Waals surface area contributed by atoms with E-state index < -0.39 is 48.2 Å². The first-order valence-electron chi connectivity index (χ1n) is 14.3. The number of aliphatic carboxylic acids is 1. The molecule has 0 saturated carbocycles. The van der Waals surface area contributed by atoms with Crippen molar-refractivity contribution in [1.82, 2.24) is 29.8 Å². The fourth-order valence-electron chi connectivity index (χ4n) is 5.32. The van der Waals surface area contributed by atoms with E-state index in [0.29, 0.717) is 23.4 Å². The second kappa shape index (κ2) is 15.1. The van der Waals surface area contributed by atoms with E-state index in [1.54, 1.807) is 16.7 Å². The van der Waals surface area contributed by atoms with Crippen molar-refractivity contribution in [2.24, 2.45) is 0 Å². The Balaban J connectivity index is 0.00000300. The molecular weight excluding hydrogens is 627 g/mol. The largest absolute Gasteiger partial charge is 1.00 e. The number of benzene rings is 2. The molecule has 5 rings (SSSR count). The quantitative estimate of drug-likeness (QED) is 0.102. The van der Waals surface area contributed by atoms with Gasteiger partial charge in [0.1, 0.15) is 41.5 Å². The number of carboxylic acids is 2. The van der Waals surface area contributed by atoms with Crippen LogP contribution in [0.25, 0.3) is 22.5 Å². The van der Waals surface area contributed by atoms with Crippen LogP contribution in [-0.4, -0.2) is 97.1 Å². The molecule has 1 aliphatic rings. The van der Waals surface area contributed by atoms with Gasteiger partial charge in [-0.2, -0.15) is 0 Å². The van der Waals surface area contributed by atoms with Crippen molar-refractivity contribution in [2.75, 3.05) is 0 Å². The molecule has 5 atom stereocenters. The molecule has 0 amide bonds. The molecule has 2 aromatic heterocycles. The van der Waals surface area contributed by atoms with Crippen LogP contribution in [0.1, 0.15) is 61.0 Å². The topological polar surface area (TPSA) is 260 Å². The minimum Gasteiger partial charge on any atom is -0.547 e. The van der Waals surface area contributed by atoms with Gasteiger partial charge >= 0.3 is 35.5 Å². The molecule has 4 aromatic rings. The van der Waals surface area contributed by atoms with Crippen LogP contribution in [0.3, 0.4) is 0 Å². The molecule has 47 heavy (non-hydrogen) atoms. The molecule has 16 nitrogen and oxygen atoms in total. The van der Waals surface area contributed by atoms with Crippen LogP contribution in [0.15, 0.2) is 48.5 Å². The van der Waals surface area contributed by atoms with Crippen molar-refractivity contribution in [3.63, 3.8) is 0 Å². The number of carbonyl (C=O) groups is 2. The van der Waals surface area contributed by atoms with Crippen molar-refractivity contribution < 1.29 is 80.0 Å². The number of aryl methyl sites for hydroxylation is 1. The van der Waals surface area contributed by atoms with Gasteiger partial charge in [0.05, 0.1) is 5.97 Å². The zero-order valence-electron chi connectivity index (χ0n) is 26.2. The minimum atomic E-state index is -1.93. The van der Waals surface area contributed by atoms with Crippen LogP contribution >= 0.6 is 0 Å². The number of aromatic nitrogens is 6. The number of aliphatic hydroxyl groups is 4. The second-order valence-electron chi connectivity index (χ2n) is 11.3. The molecule has 2 aromatic carbocycles. The fourth-order valence-corrected chi connectivity index (χ4v) is 5.32. The molecule has 0 bridgehead atoms. The molecular formula is C30H35N6NaO10. The van der Waals surface area contributed by atoms with Gasteiger partial charge in [-0.25, -0.2) is 9.78 Å². The number of hydrogen-bond acceptors (Lipinski definition) is 12. The molecule has 1 aliphatic heterocycles. The van der Waals surface area contributed by atoms with E-state index in [0.717, 1.165) is 22.3 Å². The van der Waals surface area contributed by atoms with Gasteiger partial charge in [0.25, 0.3) is 0 Å².